The number of amides is 1. The Hall–Kier alpha value is -3.11. The van der Waals surface area contributed by atoms with E-state index in [4.69, 9.17) is 21.1 Å². The van der Waals surface area contributed by atoms with Crippen molar-refractivity contribution in [3.05, 3.63) is 69.9 Å². The van der Waals surface area contributed by atoms with E-state index in [-0.39, 0.29) is 24.3 Å². The number of carbonyl (C=O) groups excluding carboxylic acids is 1. The first-order chi connectivity index (χ1) is 19.6. The molecule has 15 heteroatoms. The predicted octanol–water partition coefficient (Wildman–Crippen LogP) is 2.80. The zero-order valence-electron chi connectivity index (χ0n) is 20.9. The normalized spacial score (nSPS) is 28.0. The van der Waals surface area contributed by atoms with Gasteiger partial charge in [0.1, 0.15) is 30.0 Å². The molecule has 6 atom stereocenters. The quantitative estimate of drug-likeness (QED) is 0.253. The molecule has 10 nitrogen and oxygen atoms in total. The van der Waals surface area contributed by atoms with Crippen molar-refractivity contribution in [2.75, 3.05) is 13.2 Å². The summed E-state index contributed by atoms with van der Waals surface area (Å²) in [7, 11) is 0. The molecule has 0 aliphatic carbocycles. The molecule has 2 saturated heterocycles. The average Bonchev–Trinajstić information content (AvgIpc) is 3.69. The van der Waals surface area contributed by atoms with E-state index < -0.39 is 66.1 Å². The second-order valence-corrected chi connectivity index (χ2v) is 11.2. The number of carbonyl (C=O) groups is 1. The molecule has 0 radical (unpaired) electrons. The molecule has 2 aromatic heterocycles. The topological polar surface area (TPSA) is 139 Å². The molecule has 1 amide bonds. The number of hydrogen-bond donors (Lipinski definition) is 4. The van der Waals surface area contributed by atoms with Gasteiger partial charge in [0.2, 0.25) is 5.79 Å². The van der Waals surface area contributed by atoms with Gasteiger partial charge in [-0.3, -0.25) is 4.79 Å². The van der Waals surface area contributed by atoms with Gasteiger partial charge in [-0.25, -0.2) is 17.9 Å². The van der Waals surface area contributed by atoms with E-state index in [2.05, 4.69) is 15.6 Å². The molecule has 4 heterocycles. The lowest BCUT2D eigenvalue weighted by molar-refractivity contribution is -0.344. The highest BCUT2D eigenvalue weighted by Crippen LogP contribution is 2.43. The van der Waals surface area contributed by atoms with Crippen LogP contribution in [0.3, 0.4) is 0 Å². The fourth-order valence-corrected chi connectivity index (χ4v) is 6.58. The summed E-state index contributed by atoms with van der Waals surface area (Å²) in [6.45, 7) is -0.612. The number of aromatic nitrogens is 3. The Morgan fingerprint density at radius 1 is 1.22 bits per heavy atom. The number of nitrogens with zero attached hydrogens (tertiary/aromatic N) is 3. The van der Waals surface area contributed by atoms with Crippen molar-refractivity contribution in [3.8, 4) is 11.3 Å². The predicted molar refractivity (Wildman–Crippen MR) is 140 cm³/mol. The zero-order valence-corrected chi connectivity index (χ0v) is 22.5. The summed E-state index contributed by atoms with van der Waals surface area (Å²) in [5.41, 5.74) is -0.216. The van der Waals surface area contributed by atoms with E-state index in [1.165, 1.54) is 17.5 Å². The average molecular weight is 611 g/mol. The van der Waals surface area contributed by atoms with E-state index in [0.717, 1.165) is 26.9 Å². The second-order valence-electron chi connectivity index (χ2n) is 9.76. The summed E-state index contributed by atoms with van der Waals surface area (Å²) in [4.78, 5) is 13.6. The molecule has 0 bridgehead atoms. The standard InChI is InChI=1S/C26H22ClF3N4O6S/c27-13-3-1-2-11-8-18(41-23(11)13)25(38)31-19-4-5-39-26(19)24(37)21(22(36)17(10-35)40-26)34-9-16(32-33-34)12-6-14(28)20(30)15(29)7-12/h1-3,6-9,17,19,21-22,24,35-37H,4-5,10H2,(H,31,38)/t17-,19-,21+,22+,24-,26+/m1/s1. The second kappa shape index (κ2) is 10.6. The van der Waals surface area contributed by atoms with E-state index in [1.807, 2.05) is 6.07 Å². The van der Waals surface area contributed by atoms with Crippen molar-refractivity contribution < 1.29 is 42.8 Å². The van der Waals surface area contributed by atoms with E-state index in [9.17, 15) is 33.3 Å². The first-order valence-corrected chi connectivity index (χ1v) is 13.7. The van der Waals surface area contributed by atoms with E-state index in [1.54, 1.807) is 18.2 Å². The maximum Gasteiger partial charge on any atom is 0.261 e. The highest BCUT2D eigenvalue weighted by Gasteiger charge is 2.62. The summed E-state index contributed by atoms with van der Waals surface area (Å²) >= 11 is 7.45. The van der Waals surface area contributed by atoms with Gasteiger partial charge in [0.15, 0.2) is 17.5 Å². The molecule has 41 heavy (non-hydrogen) atoms. The largest absolute Gasteiger partial charge is 0.394 e. The van der Waals surface area contributed by atoms with Gasteiger partial charge in [-0.1, -0.05) is 28.9 Å². The van der Waals surface area contributed by atoms with Gasteiger partial charge >= 0.3 is 0 Å². The maximum atomic E-state index is 13.8. The molecule has 0 saturated carbocycles. The molecule has 2 aliphatic rings. The molecule has 1 spiro atoms. The number of ether oxygens (including phenoxy) is 2. The summed E-state index contributed by atoms with van der Waals surface area (Å²) in [5.74, 6) is -6.88. The number of aliphatic hydroxyl groups is 3. The van der Waals surface area contributed by atoms with Crippen LogP contribution in [-0.4, -0.2) is 79.6 Å². The summed E-state index contributed by atoms with van der Waals surface area (Å²) in [5, 5.41) is 44.4. The lowest BCUT2D eigenvalue weighted by Crippen LogP contribution is -2.68. The monoisotopic (exact) mass is 610 g/mol. The molecular formula is C26H22ClF3N4O6S. The van der Waals surface area contributed by atoms with Gasteiger partial charge in [0.05, 0.1) is 40.1 Å². The summed E-state index contributed by atoms with van der Waals surface area (Å²) in [6.07, 6.45) is -3.06. The number of nitrogens with one attached hydrogen (secondary N) is 1. The highest BCUT2D eigenvalue weighted by molar-refractivity contribution is 7.21. The number of hydrogen-bond acceptors (Lipinski definition) is 9. The van der Waals surface area contributed by atoms with Crippen molar-refractivity contribution in [3.63, 3.8) is 0 Å². The third kappa shape index (κ3) is 4.69. The number of rotatable bonds is 5. The minimum atomic E-state index is -1.90. The number of benzene rings is 2. The Bertz CT molecular complexity index is 1610. The van der Waals surface area contributed by atoms with Gasteiger partial charge in [-0.15, -0.1) is 16.4 Å². The number of thiophene rings is 1. The van der Waals surface area contributed by atoms with Crippen molar-refractivity contribution in [1.29, 1.82) is 0 Å². The van der Waals surface area contributed by atoms with Crippen LogP contribution in [0, 0.1) is 17.5 Å². The van der Waals surface area contributed by atoms with Crippen LogP contribution in [0.4, 0.5) is 13.2 Å². The summed E-state index contributed by atoms with van der Waals surface area (Å²) in [6, 6.07) is 6.20. The SMILES string of the molecule is O=C(N[C@@H]1CCO[C@]12O[C@H](CO)[C@H](O)[C@H](n1cc(-c3cc(F)c(F)c(F)c3)nn1)[C@H]2O)c1cc2cccc(Cl)c2s1. The lowest BCUT2D eigenvalue weighted by Gasteiger charge is -2.49. The molecule has 6 rings (SSSR count). The Morgan fingerprint density at radius 2 is 1.98 bits per heavy atom. The first kappa shape index (κ1) is 28.0. The van der Waals surface area contributed by atoms with Crippen LogP contribution >= 0.6 is 22.9 Å². The Morgan fingerprint density at radius 3 is 2.68 bits per heavy atom. The van der Waals surface area contributed by atoms with Crippen LogP contribution in [0.2, 0.25) is 5.02 Å². The van der Waals surface area contributed by atoms with Crippen molar-refractivity contribution >= 4 is 38.9 Å². The van der Waals surface area contributed by atoms with Crippen LogP contribution in [0.25, 0.3) is 21.3 Å². The molecule has 2 fully saturated rings. The first-order valence-electron chi connectivity index (χ1n) is 12.5. The van der Waals surface area contributed by atoms with Gasteiger partial charge in [0.25, 0.3) is 5.91 Å². The molecule has 216 valence electrons. The van der Waals surface area contributed by atoms with E-state index >= 15 is 0 Å². The van der Waals surface area contributed by atoms with Crippen LogP contribution < -0.4 is 5.32 Å². The molecular weight excluding hydrogens is 589 g/mol. The molecule has 2 aromatic carbocycles. The Kier molecular flexibility index (Phi) is 7.26. The number of fused-ring (bicyclic) bond motifs is 1. The van der Waals surface area contributed by atoms with Crippen LogP contribution in [-0.2, 0) is 9.47 Å². The Balaban J connectivity index is 1.31. The van der Waals surface area contributed by atoms with Crippen LogP contribution in [0.15, 0.2) is 42.6 Å². The summed E-state index contributed by atoms with van der Waals surface area (Å²) < 4.78 is 54.6. The van der Waals surface area contributed by atoms with Gasteiger partial charge in [-0.2, -0.15) is 0 Å². The minimum Gasteiger partial charge on any atom is -0.394 e. The zero-order chi connectivity index (χ0) is 29.1. The molecule has 4 N–H and O–H groups in total. The highest BCUT2D eigenvalue weighted by atomic mass is 35.5. The maximum absolute atomic E-state index is 13.8. The Labute approximate surface area is 238 Å². The lowest BCUT2D eigenvalue weighted by atomic mass is 9.86. The number of halogens is 4. The van der Waals surface area contributed by atoms with Crippen molar-refractivity contribution in [2.24, 2.45) is 0 Å². The smallest absolute Gasteiger partial charge is 0.261 e. The minimum absolute atomic E-state index is 0.0674. The third-order valence-electron chi connectivity index (χ3n) is 7.32. The fourth-order valence-electron chi connectivity index (χ4n) is 5.31. The van der Waals surface area contributed by atoms with Crippen molar-refractivity contribution in [1.82, 2.24) is 20.3 Å². The van der Waals surface area contributed by atoms with E-state index in [0.29, 0.717) is 9.90 Å². The van der Waals surface area contributed by atoms with Gasteiger partial charge < -0.3 is 30.1 Å². The van der Waals surface area contributed by atoms with Gasteiger partial charge in [-0.05, 0) is 36.1 Å². The fraction of sp³-hybridized carbons (Fsp3) is 0.346. The number of aliphatic hydroxyl groups excluding tert-OH is 3. The van der Waals surface area contributed by atoms with Crippen LogP contribution in [0.1, 0.15) is 22.1 Å². The third-order valence-corrected chi connectivity index (χ3v) is 8.93. The van der Waals surface area contributed by atoms with Crippen LogP contribution in [0.5, 0.6) is 0 Å². The molecule has 0 unspecified atom stereocenters. The van der Waals surface area contributed by atoms with Crippen molar-refractivity contribution in [2.45, 2.75) is 42.6 Å². The molecule has 4 aromatic rings. The van der Waals surface area contributed by atoms with Gasteiger partial charge in [0, 0.05) is 5.56 Å². The molecule has 2 aliphatic heterocycles.